The zero-order valence-electron chi connectivity index (χ0n) is 44.1. The minimum absolute atomic E-state index is 0.00457. The van der Waals surface area contributed by atoms with Crippen molar-refractivity contribution >= 4 is 35.4 Å². The van der Waals surface area contributed by atoms with Crippen molar-refractivity contribution in [3.05, 3.63) is 82.9 Å². The summed E-state index contributed by atoms with van der Waals surface area (Å²) in [6.45, 7) is 7.22. The molecule has 3 N–H and O–H groups in total. The highest BCUT2D eigenvalue weighted by molar-refractivity contribution is 6.24. The van der Waals surface area contributed by atoms with E-state index in [-0.39, 0.29) is 55.4 Å². The summed E-state index contributed by atoms with van der Waals surface area (Å²) in [4.78, 5) is 75.5. The van der Waals surface area contributed by atoms with E-state index in [1.165, 1.54) is 23.8 Å². The lowest BCUT2D eigenvalue weighted by Crippen LogP contribution is -2.54. The molecule has 2 aliphatic heterocycles. The first-order valence-corrected chi connectivity index (χ1v) is 25.8. The molecule has 3 aromatic rings. The van der Waals surface area contributed by atoms with E-state index >= 15 is 0 Å². The van der Waals surface area contributed by atoms with Crippen LogP contribution in [-0.4, -0.2) is 206 Å². The van der Waals surface area contributed by atoms with Gasteiger partial charge in [0.05, 0.1) is 144 Å². The average molecular weight is 1080 g/mol. The van der Waals surface area contributed by atoms with Gasteiger partial charge in [-0.2, -0.15) is 0 Å². The molecule has 424 valence electrons. The first kappa shape index (κ1) is 61.6. The van der Waals surface area contributed by atoms with Gasteiger partial charge in [-0.1, -0.05) is 24.3 Å². The molecule has 77 heavy (non-hydrogen) atoms. The van der Waals surface area contributed by atoms with Crippen molar-refractivity contribution in [2.24, 2.45) is 0 Å². The minimum atomic E-state index is -1.11. The highest BCUT2D eigenvalue weighted by Gasteiger charge is 2.46. The number of benzene rings is 3. The third kappa shape index (κ3) is 23.1. The van der Waals surface area contributed by atoms with Crippen molar-refractivity contribution in [1.29, 1.82) is 0 Å². The number of hydrogen-bond donors (Lipinski definition) is 3. The normalized spacial score (nSPS) is 14.1. The minimum Gasteiger partial charge on any atom is -0.493 e. The molecule has 0 radical (unpaired) electrons. The Morgan fingerprint density at radius 1 is 0.532 bits per heavy atom. The first-order chi connectivity index (χ1) is 37.7. The smallest absolute Gasteiger partial charge is 0.266 e. The van der Waals surface area contributed by atoms with E-state index in [4.69, 9.17) is 61.6 Å². The van der Waals surface area contributed by atoms with E-state index in [1.807, 2.05) is 36.4 Å². The zero-order chi connectivity index (χ0) is 54.7. The Hall–Kier alpha value is -6.28. The summed E-state index contributed by atoms with van der Waals surface area (Å²) in [6.07, 6.45) is 2.75. The maximum atomic E-state index is 13.2. The largest absolute Gasteiger partial charge is 0.493 e. The topological polar surface area (TPSA) is 262 Å². The second kappa shape index (κ2) is 36.7. The molecule has 0 saturated carbocycles. The summed E-state index contributed by atoms with van der Waals surface area (Å²) in [6, 6.07) is 17.1. The number of amides is 6. The van der Waals surface area contributed by atoms with Gasteiger partial charge >= 0.3 is 0 Å². The fourth-order valence-electron chi connectivity index (χ4n) is 7.71. The van der Waals surface area contributed by atoms with Crippen molar-refractivity contribution in [2.75, 3.05) is 159 Å². The van der Waals surface area contributed by atoms with E-state index in [9.17, 15) is 28.8 Å². The monoisotopic (exact) mass is 1080 g/mol. The Morgan fingerprint density at radius 2 is 1.01 bits per heavy atom. The molecule has 2 heterocycles. The maximum absolute atomic E-state index is 13.2. The van der Waals surface area contributed by atoms with Gasteiger partial charge in [0.2, 0.25) is 11.8 Å². The molecule has 23 nitrogen and oxygen atoms in total. The Labute approximate surface area is 449 Å². The standard InChI is InChI=1S/C54H74N4O19/c1-65-45-14-12-41(37-47(45)66-2)7-3-6-40-8-4-9-42(36-40)76-38-49(60)55-16-18-67-20-22-69-24-26-71-28-30-73-32-34-75-35-33-74-31-29-72-27-25-70-23-21-68-19-17-56-50(61)39-77-46-11-5-10-43-51(46)54(64)58(53(43)63)44-13-15-48(59)57-52(44)62/h4-5,8-12,14,36-37,44H,3,6-7,13,15-35,38-39H2,1-2H3,(H,55,60)(H,56,61)(H,57,59,62). The summed E-state index contributed by atoms with van der Waals surface area (Å²) in [5.74, 6) is -1.13. The van der Waals surface area contributed by atoms with Crippen LogP contribution in [0.2, 0.25) is 0 Å². The number of nitrogens with zero attached hydrogens (tertiary/aromatic N) is 1. The van der Waals surface area contributed by atoms with E-state index in [2.05, 4.69) is 22.0 Å². The lowest BCUT2D eigenvalue weighted by atomic mass is 10.0. The van der Waals surface area contributed by atoms with Crippen molar-refractivity contribution in [3.63, 3.8) is 0 Å². The number of nitrogens with one attached hydrogen (secondary N) is 3. The molecule has 5 rings (SSSR count). The Kier molecular flexibility index (Phi) is 29.3. The highest BCUT2D eigenvalue weighted by Crippen LogP contribution is 2.34. The van der Waals surface area contributed by atoms with Crippen LogP contribution in [0, 0.1) is 0 Å². The maximum Gasteiger partial charge on any atom is 0.266 e. The molecule has 1 fully saturated rings. The van der Waals surface area contributed by atoms with Gasteiger partial charge in [-0.25, -0.2) is 0 Å². The third-order valence-electron chi connectivity index (χ3n) is 11.5. The van der Waals surface area contributed by atoms with Crippen LogP contribution >= 0.6 is 0 Å². The molecule has 0 aromatic heterocycles. The van der Waals surface area contributed by atoms with Crippen LogP contribution in [0.5, 0.6) is 23.0 Å². The molecule has 1 unspecified atom stereocenters. The number of piperidine rings is 1. The van der Waals surface area contributed by atoms with Gasteiger partial charge in [-0.05, 0) is 73.2 Å². The number of carbonyl (C=O) groups excluding carboxylic acids is 6. The molecule has 0 bridgehead atoms. The Morgan fingerprint density at radius 3 is 1.52 bits per heavy atom. The number of rotatable bonds is 43. The first-order valence-electron chi connectivity index (χ1n) is 25.8. The molecular weight excluding hydrogens is 1010 g/mol. The van der Waals surface area contributed by atoms with Gasteiger partial charge in [-0.3, -0.25) is 39.0 Å². The molecule has 6 amide bonds. The number of hydrogen-bond acceptors (Lipinski definition) is 19. The summed E-state index contributed by atoms with van der Waals surface area (Å²) < 4.78 is 71.6. The summed E-state index contributed by atoms with van der Waals surface area (Å²) >= 11 is 0. The molecular formula is C54H74N4O19. The van der Waals surface area contributed by atoms with Crippen molar-refractivity contribution in [3.8, 4) is 23.0 Å². The van der Waals surface area contributed by atoms with E-state index in [0.717, 1.165) is 35.5 Å². The summed E-state index contributed by atoms with van der Waals surface area (Å²) in [5.41, 5.74) is 2.34. The van der Waals surface area contributed by atoms with Crippen LogP contribution in [0.1, 0.15) is 51.1 Å². The van der Waals surface area contributed by atoms with E-state index < -0.39 is 42.2 Å². The van der Waals surface area contributed by atoms with Gasteiger partial charge in [0.1, 0.15) is 17.5 Å². The van der Waals surface area contributed by atoms with Crippen LogP contribution < -0.4 is 34.9 Å². The predicted octanol–water partition coefficient (Wildman–Crippen LogP) is 2.12. The van der Waals surface area contributed by atoms with Crippen LogP contribution in [0.3, 0.4) is 0 Å². The fraction of sp³-hybridized carbons (Fsp3) is 0.556. The lowest BCUT2D eigenvalue weighted by Gasteiger charge is -2.27. The van der Waals surface area contributed by atoms with Crippen molar-refractivity contribution < 1.29 is 90.3 Å². The van der Waals surface area contributed by atoms with E-state index in [1.54, 1.807) is 14.2 Å². The molecule has 3 aromatic carbocycles. The van der Waals surface area contributed by atoms with Gasteiger partial charge in [0.15, 0.2) is 24.7 Å². The average Bonchev–Trinajstić information content (AvgIpc) is 3.83. The number of methoxy groups -OCH3 is 2. The molecule has 0 aliphatic carbocycles. The third-order valence-corrected chi connectivity index (χ3v) is 11.5. The van der Waals surface area contributed by atoms with Gasteiger partial charge in [0.25, 0.3) is 23.6 Å². The molecule has 23 heteroatoms. The lowest BCUT2D eigenvalue weighted by molar-refractivity contribution is -0.136. The second-order valence-corrected chi connectivity index (χ2v) is 17.1. The number of carbonyl (C=O) groups is 6. The van der Waals surface area contributed by atoms with Crippen LogP contribution in [-0.2, 0) is 74.7 Å². The number of fused-ring (bicyclic) bond motifs is 1. The van der Waals surface area contributed by atoms with Crippen molar-refractivity contribution in [2.45, 2.75) is 38.1 Å². The van der Waals surface area contributed by atoms with E-state index in [0.29, 0.717) is 130 Å². The fourth-order valence-corrected chi connectivity index (χ4v) is 7.71. The van der Waals surface area contributed by atoms with Crippen LogP contribution in [0.15, 0.2) is 60.7 Å². The van der Waals surface area contributed by atoms with Gasteiger partial charge in [0, 0.05) is 19.5 Å². The molecule has 1 saturated heterocycles. The summed E-state index contributed by atoms with van der Waals surface area (Å²) in [7, 11) is 3.26. The predicted molar refractivity (Wildman–Crippen MR) is 276 cm³/mol. The number of aryl methyl sites for hydroxylation is 2. The molecule has 1 atom stereocenters. The molecule has 0 spiro atoms. The van der Waals surface area contributed by atoms with Gasteiger partial charge < -0.3 is 72.2 Å². The van der Waals surface area contributed by atoms with Crippen LogP contribution in [0.4, 0.5) is 0 Å². The second-order valence-electron chi connectivity index (χ2n) is 17.1. The highest BCUT2D eigenvalue weighted by atomic mass is 16.6. The quantitative estimate of drug-likeness (QED) is 0.0541. The molecule has 2 aliphatic rings. The zero-order valence-corrected chi connectivity index (χ0v) is 44.1. The SMILES string of the molecule is COc1ccc(CCCc2cccc(OCC(=O)NCCOCCOCCOCCOCCOCCOCCOCCOCCOCCNC(=O)COc3cccc4c3C(=O)N(C3CCC(=O)NC3=O)C4=O)c2)cc1OC. The Bertz CT molecular complexity index is 2280. The van der Waals surface area contributed by atoms with Crippen LogP contribution in [0.25, 0.3) is 0 Å². The number of imide groups is 2. The van der Waals surface area contributed by atoms with Gasteiger partial charge in [-0.15, -0.1) is 0 Å². The van der Waals surface area contributed by atoms with Crippen molar-refractivity contribution in [1.82, 2.24) is 20.9 Å². The number of ether oxygens (including phenoxy) is 13. The summed E-state index contributed by atoms with van der Waals surface area (Å²) in [5, 5.41) is 7.60. The Balaban J connectivity index is 0.701.